The zero-order chi connectivity index (χ0) is 37.0. The van der Waals surface area contributed by atoms with Crippen LogP contribution < -0.4 is 0 Å². The summed E-state index contributed by atoms with van der Waals surface area (Å²) in [7, 11) is 0. The van der Waals surface area contributed by atoms with Crippen molar-refractivity contribution in [3.63, 3.8) is 0 Å². The van der Waals surface area contributed by atoms with E-state index in [-0.39, 0.29) is 0 Å². The Morgan fingerprint density at radius 1 is 0.393 bits per heavy atom. The van der Waals surface area contributed by atoms with Crippen LogP contribution in [-0.4, -0.2) is 19.5 Å². The molecular weight excluding hydrogens is 701 g/mol. The normalized spacial score (nSPS) is 11.6. The van der Waals surface area contributed by atoms with Crippen LogP contribution in [0.1, 0.15) is 0 Å². The van der Waals surface area contributed by atoms with Crippen molar-refractivity contribution in [2.45, 2.75) is 0 Å². The van der Waals surface area contributed by atoms with E-state index in [1.54, 1.807) is 0 Å². The molecule has 0 saturated heterocycles. The lowest BCUT2D eigenvalue weighted by molar-refractivity contribution is 1.17. The molecule has 262 valence electrons. The van der Waals surface area contributed by atoms with Gasteiger partial charge in [0.2, 0.25) is 0 Å². The van der Waals surface area contributed by atoms with E-state index in [1.807, 2.05) is 35.6 Å². The van der Waals surface area contributed by atoms with Gasteiger partial charge in [0.15, 0.2) is 5.82 Å². The van der Waals surface area contributed by atoms with Crippen LogP contribution in [0, 0.1) is 0 Å². The monoisotopic (exact) mass is 732 g/mol. The highest BCUT2D eigenvalue weighted by Crippen LogP contribution is 2.47. The van der Waals surface area contributed by atoms with Gasteiger partial charge in [-0.15, -0.1) is 11.3 Å². The van der Waals surface area contributed by atoms with Gasteiger partial charge in [0.25, 0.3) is 0 Å². The zero-order valence-electron chi connectivity index (χ0n) is 30.2. The first-order chi connectivity index (χ1) is 27.8. The molecule has 0 unspecified atom stereocenters. The molecule has 0 spiro atoms. The lowest BCUT2D eigenvalue weighted by Gasteiger charge is -2.13. The first-order valence-corrected chi connectivity index (χ1v) is 19.6. The fourth-order valence-corrected chi connectivity index (χ4v) is 9.31. The summed E-state index contributed by atoms with van der Waals surface area (Å²) >= 11 is 1.87. The Hall–Kier alpha value is -7.21. The van der Waals surface area contributed by atoms with Gasteiger partial charge in [-0.05, 0) is 47.5 Å². The molecule has 56 heavy (non-hydrogen) atoms. The summed E-state index contributed by atoms with van der Waals surface area (Å²) in [5, 5.41) is 3.60. The van der Waals surface area contributed by atoms with E-state index in [4.69, 9.17) is 15.0 Å². The summed E-state index contributed by atoms with van der Waals surface area (Å²) < 4.78 is 4.95. The fraction of sp³-hybridized carbons (Fsp3) is 0. The predicted octanol–water partition coefficient (Wildman–Crippen LogP) is 13.7. The molecule has 7 aromatic carbocycles. The van der Waals surface area contributed by atoms with Gasteiger partial charge in [-0.2, -0.15) is 0 Å². The average molecular weight is 733 g/mol. The second kappa shape index (κ2) is 13.3. The summed E-state index contributed by atoms with van der Waals surface area (Å²) in [6.45, 7) is 0. The summed E-state index contributed by atoms with van der Waals surface area (Å²) in [5.74, 6) is 0.698. The number of hydrogen-bond acceptors (Lipinski definition) is 4. The maximum absolute atomic E-state index is 5.32. The van der Waals surface area contributed by atoms with Crippen LogP contribution in [0.25, 0.3) is 104 Å². The van der Waals surface area contributed by atoms with E-state index in [0.717, 1.165) is 56.1 Å². The smallest absolute Gasteiger partial charge is 0.160 e. The fourth-order valence-electron chi connectivity index (χ4n) is 7.95. The zero-order valence-corrected chi connectivity index (χ0v) is 31.0. The largest absolute Gasteiger partial charge is 0.308 e. The second-order valence-electron chi connectivity index (χ2n) is 14.0. The van der Waals surface area contributed by atoms with Crippen LogP contribution in [0.3, 0.4) is 0 Å². The van der Waals surface area contributed by atoms with Crippen molar-refractivity contribution in [1.82, 2.24) is 19.5 Å². The van der Waals surface area contributed by atoms with Gasteiger partial charge < -0.3 is 4.57 Å². The molecule has 0 atom stereocenters. The maximum Gasteiger partial charge on any atom is 0.160 e. The van der Waals surface area contributed by atoms with Crippen molar-refractivity contribution < 1.29 is 0 Å². The average Bonchev–Trinajstić information content (AvgIpc) is 3.82. The van der Waals surface area contributed by atoms with Crippen molar-refractivity contribution >= 4 is 53.4 Å². The predicted molar refractivity (Wildman–Crippen MR) is 234 cm³/mol. The number of pyridine rings is 1. The number of hydrogen-bond donors (Lipinski definition) is 0. The minimum atomic E-state index is 0.698. The third-order valence-corrected chi connectivity index (χ3v) is 11.9. The number of aromatic nitrogens is 4. The Balaban J connectivity index is 1.10. The molecule has 4 heterocycles. The van der Waals surface area contributed by atoms with Crippen LogP contribution in [0.15, 0.2) is 194 Å². The highest BCUT2D eigenvalue weighted by Gasteiger charge is 2.23. The number of thiophene rings is 1. The number of fused-ring (bicyclic) bond motifs is 7. The summed E-state index contributed by atoms with van der Waals surface area (Å²) in [6.07, 6.45) is 0. The Morgan fingerprint density at radius 3 is 1.73 bits per heavy atom. The molecule has 4 nitrogen and oxygen atoms in total. The van der Waals surface area contributed by atoms with Gasteiger partial charge in [0.1, 0.15) is 0 Å². The van der Waals surface area contributed by atoms with Gasteiger partial charge in [-0.25, -0.2) is 15.0 Å². The number of para-hydroxylation sites is 2. The SMILES string of the molecule is c1ccc(-c2cccc(-c3cc(-c4ccc(-n5c6ccccc6c6sc7c8ccccc8nc(-c8ccccc8)c7c65)cc4)nc(-c4ccccc4)n3)c2)cc1. The molecule has 0 saturated carbocycles. The second-order valence-corrected chi connectivity index (χ2v) is 15.0. The van der Waals surface area contributed by atoms with Crippen molar-refractivity contribution in [1.29, 1.82) is 0 Å². The quantitative estimate of drug-likeness (QED) is 0.171. The lowest BCUT2D eigenvalue weighted by atomic mass is 10.0. The van der Waals surface area contributed by atoms with Crippen LogP contribution in [0.2, 0.25) is 0 Å². The third-order valence-electron chi connectivity index (χ3n) is 10.6. The molecule has 0 aliphatic heterocycles. The topological polar surface area (TPSA) is 43.6 Å². The highest BCUT2D eigenvalue weighted by molar-refractivity contribution is 7.27. The van der Waals surface area contributed by atoms with Crippen LogP contribution >= 0.6 is 11.3 Å². The Bertz CT molecular complexity index is 3220. The molecule has 0 amide bonds. The Morgan fingerprint density at radius 2 is 0.982 bits per heavy atom. The van der Waals surface area contributed by atoms with Crippen LogP contribution in [0.5, 0.6) is 0 Å². The molecule has 0 bridgehead atoms. The minimum absolute atomic E-state index is 0.698. The first-order valence-electron chi connectivity index (χ1n) is 18.8. The molecular formula is C51H32N4S. The molecule has 0 radical (unpaired) electrons. The molecule has 11 rings (SSSR count). The molecule has 11 aromatic rings. The van der Waals surface area contributed by atoms with Gasteiger partial charge in [0, 0.05) is 48.8 Å². The van der Waals surface area contributed by atoms with E-state index in [2.05, 4.69) is 174 Å². The number of rotatable bonds is 6. The van der Waals surface area contributed by atoms with Crippen molar-refractivity contribution in [3.8, 4) is 62.0 Å². The minimum Gasteiger partial charge on any atom is -0.308 e. The van der Waals surface area contributed by atoms with Crippen LogP contribution in [-0.2, 0) is 0 Å². The van der Waals surface area contributed by atoms with E-state index in [1.165, 1.54) is 42.2 Å². The summed E-state index contributed by atoms with van der Waals surface area (Å²) in [4.78, 5) is 15.6. The van der Waals surface area contributed by atoms with Crippen molar-refractivity contribution in [2.75, 3.05) is 0 Å². The molecule has 5 heteroatoms. The van der Waals surface area contributed by atoms with Gasteiger partial charge >= 0.3 is 0 Å². The lowest BCUT2D eigenvalue weighted by Crippen LogP contribution is -1.97. The third kappa shape index (κ3) is 5.40. The van der Waals surface area contributed by atoms with Gasteiger partial charge in [-0.1, -0.05) is 158 Å². The highest BCUT2D eigenvalue weighted by atomic mass is 32.1. The van der Waals surface area contributed by atoms with Crippen molar-refractivity contribution in [3.05, 3.63) is 194 Å². The molecule has 0 aliphatic carbocycles. The first kappa shape index (κ1) is 32.2. The van der Waals surface area contributed by atoms with Crippen LogP contribution in [0.4, 0.5) is 0 Å². The Kier molecular flexibility index (Phi) is 7.64. The Labute approximate surface area is 327 Å². The van der Waals surface area contributed by atoms with E-state index >= 15 is 0 Å². The summed E-state index contributed by atoms with van der Waals surface area (Å²) in [5.41, 5.74) is 13.7. The van der Waals surface area contributed by atoms with Gasteiger partial charge in [0.05, 0.1) is 38.3 Å². The van der Waals surface area contributed by atoms with E-state index in [0.29, 0.717) is 5.82 Å². The number of benzene rings is 7. The molecule has 0 fully saturated rings. The summed E-state index contributed by atoms with van der Waals surface area (Å²) in [6, 6.07) is 68.1. The number of nitrogens with zero attached hydrogens (tertiary/aromatic N) is 4. The molecule has 0 N–H and O–H groups in total. The maximum atomic E-state index is 5.32. The van der Waals surface area contributed by atoms with E-state index < -0.39 is 0 Å². The standard InChI is InChI=1S/C51H32N4S/c1-4-15-33(16-5-1)37-21-14-22-38(31-37)44-32-43(53-51(54-44)36-19-8-3-9-20-36)34-27-29-39(30-28-34)55-45-26-13-11-24-41(45)50-48(55)46-47(35-17-6-2-7-18-35)52-42-25-12-10-23-40(42)49(46)56-50/h1-32H. The van der Waals surface area contributed by atoms with E-state index in [9.17, 15) is 0 Å². The molecule has 4 aromatic heterocycles. The van der Waals surface area contributed by atoms with Gasteiger partial charge in [-0.3, -0.25) is 0 Å². The molecule has 0 aliphatic rings. The van der Waals surface area contributed by atoms with Crippen molar-refractivity contribution in [2.24, 2.45) is 0 Å².